The number of benzene rings is 1. The van der Waals surface area contributed by atoms with E-state index in [2.05, 4.69) is 10.1 Å². The maximum Gasteiger partial charge on any atom is 0.408 e. The fourth-order valence-electron chi connectivity index (χ4n) is 1.62. The quantitative estimate of drug-likeness (QED) is 0.864. The zero-order valence-corrected chi connectivity index (χ0v) is 12.5. The minimum atomic E-state index is -0.544. The van der Waals surface area contributed by atoms with E-state index >= 15 is 0 Å². The number of methoxy groups -OCH3 is 1. The zero-order chi connectivity index (χ0) is 15.3. The van der Waals surface area contributed by atoms with E-state index in [1.165, 1.54) is 7.11 Å². The lowest BCUT2D eigenvalue weighted by Crippen LogP contribution is -2.34. The second-order valence-corrected chi connectivity index (χ2v) is 5.48. The molecule has 0 spiro atoms. The van der Waals surface area contributed by atoms with Gasteiger partial charge in [0.15, 0.2) is 0 Å². The normalized spacial score (nSPS) is 12.4. The van der Waals surface area contributed by atoms with Crippen molar-refractivity contribution in [3.8, 4) is 0 Å². The van der Waals surface area contributed by atoms with E-state index in [1.54, 1.807) is 39.0 Å². The molecule has 0 aliphatic carbocycles. The van der Waals surface area contributed by atoms with Crippen molar-refractivity contribution in [2.24, 2.45) is 0 Å². The van der Waals surface area contributed by atoms with E-state index in [0.717, 1.165) is 5.56 Å². The topological polar surface area (TPSA) is 64.6 Å². The lowest BCUT2D eigenvalue weighted by atomic mass is 10.1. The van der Waals surface area contributed by atoms with Crippen molar-refractivity contribution in [1.82, 2.24) is 5.32 Å². The van der Waals surface area contributed by atoms with Crippen molar-refractivity contribution in [2.75, 3.05) is 7.11 Å². The van der Waals surface area contributed by atoms with Gasteiger partial charge in [-0.15, -0.1) is 0 Å². The minimum absolute atomic E-state index is 0.269. The number of hydrogen-bond donors (Lipinski definition) is 1. The first-order valence-electron chi connectivity index (χ1n) is 6.40. The van der Waals surface area contributed by atoms with Gasteiger partial charge in [0.25, 0.3) is 0 Å². The molecule has 0 saturated heterocycles. The van der Waals surface area contributed by atoms with E-state index < -0.39 is 17.7 Å². The molecule has 1 amide bonds. The predicted octanol–water partition coefficient (Wildman–Crippen LogP) is 3.06. The Bertz CT molecular complexity index is 491. The molecule has 0 bridgehead atoms. The highest BCUT2D eigenvalue weighted by molar-refractivity contribution is 5.89. The number of rotatable bonds is 3. The van der Waals surface area contributed by atoms with Crippen LogP contribution in [-0.2, 0) is 9.47 Å². The molecule has 0 radical (unpaired) electrons. The van der Waals surface area contributed by atoms with Crippen LogP contribution in [0.2, 0.25) is 0 Å². The SMILES string of the molecule is COC(=O)c1cccc([C@H](C)NC(=O)OC(C)(C)C)c1. The van der Waals surface area contributed by atoms with Gasteiger partial charge in [-0.1, -0.05) is 12.1 Å². The first-order valence-corrected chi connectivity index (χ1v) is 6.40. The molecule has 1 rings (SSSR count). The molecular weight excluding hydrogens is 258 g/mol. The maximum atomic E-state index is 11.7. The van der Waals surface area contributed by atoms with Crippen LogP contribution < -0.4 is 5.32 Å². The smallest absolute Gasteiger partial charge is 0.408 e. The second-order valence-electron chi connectivity index (χ2n) is 5.48. The van der Waals surface area contributed by atoms with E-state index in [-0.39, 0.29) is 6.04 Å². The van der Waals surface area contributed by atoms with Gasteiger partial charge in [-0.3, -0.25) is 0 Å². The summed E-state index contributed by atoms with van der Waals surface area (Å²) in [5, 5.41) is 2.72. The summed E-state index contributed by atoms with van der Waals surface area (Å²) < 4.78 is 9.85. The van der Waals surface area contributed by atoms with Crippen LogP contribution in [0.25, 0.3) is 0 Å². The third kappa shape index (κ3) is 4.91. The van der Waals surface area contributed by atoms with Gasteiger partial charge in [-0.2, -0.15) is 0 Å². The van der Waals surface area contributed by atoms with Gasteiger partial charge in [-0.25, -0.2) is 9.59 Å². The highest BCUT2D eigenvalue weighted by atomic mass is 16.6. The third-order valence-electron chi connectivity index (χ3n) is 2.54. The molecule has 0 fully saturated rings. The molecule has 5 heteroatoms. The summed E-state index contributed by atoms with van der Waals surface area (Å²) in [6.07, 6.45) is -0.492. The average molecular weight is 279 g/mol. The summed E-state index contributed by atoms with van der Waals surface area (Å²) in [5.74, 6) is -0.406. The number of hydrogen-bond acceptors (Lipinski definition) is 4. The second kappa shape index (κ2) is 6.41. The molecule has 1 aromatic carbocycles. The third-order valence-corrected chi connectivity index (χ3v) is 2.54. The molecule has 0 heterocycles. The number of nitrogens with one attached hydrogen (secondary N) is 1. The lowest BCUT2D eigenvalue weighted by Gasteiger charge is -2.22. The molecule has 0 aromatic heterocycles. The highest BCUT2D eigenvalue weighted by Crippen LogP contribution is 2.16. The summed E-state index contributed by atoms with van der Waals surface area (Å²) in [6, 6.07) is 6.65. The van der Waals surface area contributed by atoms with Gasteiger partial charge >= 0.3 is 12.1 Å². The van der Waals surface area contributed by atoms with Crippen molar-refractivity contribution < 1.29 is 19.1 Å². The predicted molar refractivity (Wildman–Crippen MR) is 75.6 cm³/mol. The molecule has 0 saturated carbocycles. The minimum Gasteiger partial charge on any atom is -0.465 e. The van der Waals surface area contributed by atoms with E-state index in [9.17, 15) is 9.59 Å². The molecule has 5 nitrogen and oxygen atoms in total. The highest BCUT2D eigenvalue weighted by Gasteiger charge is 2.18. The maximum absolute atomic E-state index is 11.7. The molecule has 0 unspecified atom stereocenters. The average Bonchev–Trinajstić information content (AvgIpc) is 2.35. The number of esters is 1. The van der Waals surface area contributed by atoms with Crippen LogP contribution in [0.5, 0.6) is 0 Å². The standard InChI is InChI=1S/C15H21NO4/c1-10(16-14(18)20-15(2,3)4)11-7-6-8-12(9-11)13(17)19-5/h6-10H,1-5H3,(H,16,18)/t10-/m0/s1. The van der Waals surface area contributed by atoms with E-state index in [1.807, 2.05) is 13.0 Å². The fourth-order valence-corrected chi connectivity index (χ4v) is 1.62. The molecule has 1 atom stereocenters. The molecular formula is C15H21NO4. The summed E-state index contributed by atoms with van der Waals surface area (Å²) in [5.41, 5.74) is 0.707. The van der Waals surface area contributed by atoms with Gasteiger partial charge in [0.2, 0.25) is 0 Å². The van der Waals surface area contributed by atoms with Gasteiger partial charge in [0.1, 0.15) is 5.60 Å². The van der Waals surface area contributed by atoms with E-state index in [0.29, 0.717) is 5.56 Å². The van der Waals surface area contributed by atoms with Crippen LogP contribution in [0, 0.1) is 0 Å². The Balaban J connectivity index is 2.75. The Morgan fingerprint density at radius 1 is 1.25 bits per heavy atom. The van der Waals surface area contributed by atoms with Crippen LogP contribution in [0.3, 0.4) is 0 Å². The lowest BCUT2D eigenvalue weighted by molar-refractivity contribution is 0.0507. The van der Waals surface area contributed by atoms with Gasteiger partial charge in [0.05, 0.1) is 18.7 Å². The molecule has 110 valence electrons. The van der Waals surface area contributed by atoms with E-state index in [4.69, 9.17) is 4.74 Å². The number of carbonyl (C=O) groups excluding carboxylic acids is 2. The van der Waals surface area contributed by atoms with Crippen molar-refractivity contribution in [1.29, 1.82) is 0 Å². The van der Waals surface area contributed by atoms with Crippen LogP contribution in [0.4, 0.5) is 4.79 Å². The van der Waals surface area contributed by atoms with Crippen molar-refractivity contribution in [3.05, 3.63) is 35.4 Å². The zero-order valence-electron chi connectivity index (χ0n) is 12.5. The first-order chi connectivity index (χ1) is 9.23. The van der Waals surface area contributed by atoms with Crippen LogP contribution in [0.1, 0.15) is 49.7 Å². The molecule has 1 aromatic rings. The number of amides is 1. The first kappa shape index (κ1) is 16.0. The van der Waals surface area contributed by atoms with Crippen LogP contribution in [0.15, 0.2) is 24.3 Å². The van der Waals surface area contributed by atoms with Crippen molar-refractivity contribution >= 4 is 12.1 Å². The monoisotopic (exact) mass is 279 g/mol. The fraction of sp³-hybridized carbons (Fsp3) is 0.467. The summed E-state index contributed by atoms with van der Waals surface area (Å²) in [4.78, 5) is 23.2. The molecule has 0 aliphatic heterocycles. The Hall–Kier alpha value is -2.04. The van der Waals surface area contributed by atoms with Crippen molar-refractivity contribution in [3.63, 3.8) is 0 Å². The van der Waals surface area contributed by atoms with Crippen molar-refractivity contribution in [2.45, 2.75) is 39.3 Å². The van der Waals surface area contributed by atoms with Gasteiger partial charge < -0.3 is 14.8 Å². The molecule has 20 heavy (non-hydrogen) atoms. The molecule has 0 aliphatic rings. The van der Waals surface area contributed by atoms with Gasteiger partial charge in [0, 0.05) is 0 Å². The summed E-state index contributed by atoms with van der Waals surface area (Å²) in [6.45, 7) is 7.22. The van der Waals surface area contributed by atoms with Crippen LogP contribution in [-0.4, -0.2) is 24.8 Å². The Morgan fingerprint density at radius 2 is 1.90 bits per heavy atom. The Morgan fingerprint density at radius 3 is 2.45 bits per heavy atom. The summed E-state index contributed by atoms with van der Waals surface area (Å²) in [7, 11) is 1.33. The number of alkyl carbamates (subject to hydrolysis) is 1. The number of ether oxygens (including phenoxy) is 2. The largest absolute Gasteiger partial charge is 0.465 e. The van der Waals surface area contributed by atoms with Gasteiger partial charge in [-0.05, 0) is 45.4 Å². The molecule has 1 N–H and O–H groups in total. The Kier molecular flexibility index (Phi) is 5.13. The van der Waals surface area contributed by atoms with Crippen LogP contribution >= 0.6 is 0 Å². The number of carbonyl (C=O) groups is 2. The summed E-state index contributed by atoms with van der Waals surface area (Å²) >= 11 is 0. The Labute approximate surface area is 119 Å².